The lowest BCUT2D eigenvalue weighted by atomic mass is 10.1. The van der Waals surface area contributed by atoms with Gasteiger partial charge in [-0.2, -0.15) is 10.2 Å². The first kappa shape index (κ1) is 10.7. The van der Waals surface area contributed by atoms with E-state index < -0.39 is 0 Å². The van der Waals surface area contributed by atoms with E-state index in [4.69, 9.17) is 0 Å². The summed E-state index contributed by atoms with van der Waals surface area (Å²) in [4.78, 5) is 0. The van der Waals surface area contributed by atoms with Crippen LogP contribution in [0.25, 0.3) is 16.6 Å². The molecule has 4 heteroatoms. The second kappa shape index (κ2) is 3.32. The van der Waals surface area contributed by atoms with Crippen LogP contribution in [0.3, 0.4) is 0 Å². The van der Waals surface area contributed by atoms with Crippen LogP contribution in [0, 0.1) is 5.41 Å². The minimum atomic E-state index is 0.701. The lowest BCUT2D eigenvalue weighted by molar-refractivity contribution is 0.766. The van der Waals surface area contributed by atoms with Gasteiger partial charge < -0.3 is 0 Å². The predicted octanol–water partition coefficient (Wildman–Crippen LogP) is 3.03. The molecule has 100 valence electrons. The molecule has 4 nitrogen and oxygen atoms in total. The molecule has 5 rings (SSSR count). The first-order valence-electron chi connectivity index (χ1n) is 7.22. The first-order chi connectivity index (χ1) is 9.75. The molecule has 0 N–H and O–H groups in total. The van der Waals surface area contributed by atoms with E-state index in [-0.39, 0.29) is 0 Å². The molecule has 0 amide bonds. The van der Waals surface area contributed by atoms with Gasteiger partial charge in [-0.1, -0.05) is 12.1 Å². The number of fused-ring (bicyclic) bond motifs is 1. The van der Waals surface area contributed by atoms with Gasteiger partial charge in [0.1, 0.15) is 5.69 Å². The zero-order valence-corrected chi connectivity index (χ0v) is 11.5. The molecular formula is C16H16N4. The van der Waals surface area contributed by atoms with Crippen LogP contribution in [-0.2, 0) is 7.05 Å². The van der Waals surface area contributed by atoms with E-state index in [0.29, 0.717) is 5.41 Å². The predicted molar refractivity (Wildman–Crippen MR) is 76.9 cm³/mol. The van der Waals surface area contributed by atoms with Crippen LogP contribution in [0.15, 0.2) is 36.8 Å². The number of benzene rings is 1. The van der Waals surface area contributed by atoms with Gasteiger partial charge in [-0.05, 0) is 42.2 Å². The first-order valence-corrected chi connectivity index (χ1v) is 7.22. The quantitative estimate of drug-likeness (QED) is 0.713. The normalized spacial score (nSPS) is 22.6. The average molecular weight is 264 g/mol. The largest absolute Gasteiger partial charge is 0.274 e. The molecule has 0 aliphatic heterocycles. The lowest BCUT2D eigenvalue weighted by Crippen LogP contribution is -1.95. The van der Waals surface area contributed by atoms with Crippen LogP contribution >= 0.6 is 0 Å². The Labute approximate surface area is 117 Å². The van der Waals surface area contributed by atoms with Crippen molar-refractivity contribution in [3.8, 4) is 5.69 Å². The Morgan fingerprint density at radius 3 is 2.80 bits per heavy atom. The van der Waals surface area contributed by atoms with E-state index >= 15 is 0 Å². The van der Waals surface area contributed by atoms with E-state index in [2.05, 4.69) is 28.4 Å². The number of aryl methyl sites for hydroxylation is 1. The molecule has 2 aliphatic carbocycles. The molecule has 2 aliphatic rings. The molecule has 1 atom stereocenters. The summed E-state index contributed by atoms with van der Waals surface area (Å²) in [5.74, 6) is 0.796. The van der Waals surface area contributed by atoms with E-state index in [1.807, 2.05) is 35.0 Å². The maximum Gasteiger partial charge on any atom is 0.103 e. The summed E-state index contributed by atoms with van der Waals surface area (Å²) in [6, 6.07) is 6.82. The van der Waals surface area contributed by atoms with E-state index in [0.717, 1.165) is 11.6 Å². The Morgan fingerprint density at radius 1 is 1.20 bits per heavy atom. The van der Waals surface area contributed by atoms with Gasteiger partial charge in [0.15, 0.2) is 0 Å². The van der Waals surface area contributed by atoms with Gasteiger partial charge in [0.25, 0.3) is 0 Å². The summed E-state index contributed by atoms with van der Waals surface area (Å²) in [5, 5.41) is 9.95. The van der Waals surface area contributed by atoms with Crippen molar-refractivity contribution in [3.63, 3.8) is 0 Å². The Bertz CT molecular complexity index is 822. The topological polar surface area (TPSA) is 35.6 Å². The third kappa shape index (κ3) is 1.36. The Kier molecular flexibility index (Phi) is 1.77. The van der Waals surface area contributed by atoms with Gasteiger partial charge in [-0.3, -0.25) is 4.68 Å². The highest BCUT2D eigenvalue weighted by Crippen LogP contribution is 2.75. The van der Waals surface area contributed by atoms with Crippen LogP contribution in [0.5, 0.6) is 0 Å². The van der Waals surface area contributed by atoms with Crippen molar-refractivity contribution in [2.75, 3.05) is 0 Å². The van der Waals surface area contributed by atoms with Crippen LogP contribution in [0.4, 0.5) is 0 Å². The van der Waals surface area contributed by atoms with Crippen LogP contribution in [0.1, 0.15) is 30.7 Å². The summed E-state index contributed by atoms with van der Waals surface area (Å²) in [6.45, 7) is 0. The zero-order chi connectivity index (χ0) is 13.3. The average Bonchev–Trinajstić information content (AvgIpc) is 3.28. The molecule has 1 spiro atoms. The summed E-state index contributed by atoms with van der Waals surface area (Å²) in [7, 11) is 1.93. The molecule has 3 aromatic rings. The Morgan fingerprint density at radius 2 is 2.10 bits per heavy atom. The highest BCUT2D eigenvalue weighted by molar-refractivity contribution is 5.81. The number of nitrogens with zero attached hydrogens (tertiary/aromatic N) is 4. The fourth-order valence-corrected chi connectivity index (χ4v) is 3.51. The molecular weight excluding hydrogens is 248 g/mol. The summed E-state index contributed by atoms with van der Waals surface area (Å²) in [6.07, 6.45) is 10.0. The fourth-order valence-electron chi connectivity index (χ4n) is 3.51. The van der Waals surface area contributed by atoms with Gasteiger partial charge in [0, 0.05) is 12.4 Å². The van der Waals surface area contributed by atoms with Crippen molar-refractivity contribution in [2.24, 2.45) is 12.5 Å². The van der Waals surface area contributed by atoms with Gasteiger partial charge in [0.2, 0.25) is 0 Å². The van der Waals surface area contributed by atoms with Gasteiger partial charge >= 0.3 is 0 Å². The third-order valence-corrected chi connectivity index (χ3v) is 5.02. The van der Waals surface area contributed by atoms with Crippen LogP contribution in [-0.4, -0.2) is 19.6 Å². The number of aromatic nitrogens is 4. The highest BCUT2D eigenvalue weighted by Gasteiger charge is 2.62. The Balaban J connectivity index is 1.65. The van der Waals surface area contributed by atoms with E-state index in [9.17, 15) is 0 Å². The fraction of sp³-hybridized carbons (Fsp3) is 0.375. The third-order valence-electron chi connectivity index (χ3n) is 5.02. The van der Waals surface area contributed by atoms with Crippen molar-refractivity contribution >= 4 is 10.9 Å². The van der Waals surface area contributed by atoms with Gasteiger partial charge in [-0.25, -0.2) is 4.68 Å². The standard InChI is InChI=1S/C16H16N4/c1-19-10-13(9-17-19)20-15-6-11(2-3-12(15)8-18-20)14-7-16(14)4-5-16/h2-3,6,8-10,14H,4-5,7H2,1H3. The van der Waals surface area contributed by atoms with Crippen molar-refractivity contribution in [1.82, 2.24) is 19.6 Å². The van der Waals surface area contributed by atoms with Gasteiger partial charge in [-0.15, -0.1) is 0 Å². The Hall–Kier alpha value is -2.10. The molecule has 1 unspecified atom stereocenters. The van der Waals surface area contributed by atoms with Gasteiger partial charge in [0.05, 0.1) is 24.1 Å². The monoisotopic (exact) mass is 264 g/mol. The number of hydrogen-bond acceptors (Lipinski definition) is 2. The molecule has 2 aromatic heterocycles. The van der Waals surface area contributed by atoms with Crippen molar-refractivity contribution < 1.29 is 0 Å². The van der Waals surface area contributed by atoms with Crippen LogP contribution in [0.2, 0.25) is 0 Å². The second-order valence-electron chi connectivity index (χ2n) is 6.37. The van der Waals surface area contributed by atoms with Crippen LogP contribution < -0.4 is 0 Å². The van der Waals surface area contributed by atoms with Crippen molar-refractivity contribution in [2.45, 2.75) is 25.2 Å². The molecule has 1 aromatic carbocycles. The highest BCUT2D eigenvalue weighted by atomic mass is 15.3. The maximum absolute atomic E-state index is 4.52. The summed E-state index contributed by atoms with van der Waals surface area (Å²) in [5.41, 5.74) is 4.41. The van der Waals surface area contributed by atoms with Crippen molar-refractivity contribution in [3.05, 3.63) is 42.4 Å². The number of hydrogen-bond donors (Lipinski definition) is 0. The molecule has 2 heterocycles. The summed E-state index contributed by atoms with van der Waals surface area (Å²) < 4.78 is 3.81. The maximum atomic E-state index is 4.52. The minimum Gasteiger partial charge on any atom is -0.274 e. The second-order valence-corrected chi connectivity index (χ2v) is 6.37. The number of rotatable bonds is 2. The molecule has 0 saturated heterocycles. The van der Waals surface area contributed by atoms with E-state index in [1.165, 1.54) is 35.7 Å². The zero-order valence-electron chi connectivity index (χ0n) is 11.5. The summed E-state index contributed by atoms with van der Waals surface area (Å²) >= 11 is 0. The molecule has 20 heavy (non-hydrogen) atoms. The smallest absolute Gasteiger partial charge is 0.103 e. The molecule has 2 fully saturated rings. The molecule has 2 saturated carbocycles. The minimum absolute atomic E-state index is 0.701. The lowest BCUT2D eigenvalue weighted by Gasteiger charge is -2.03. The molecule has 0 bridgehead atoms. The van der Waals surface area contributed by atoms with Crippen molar-refractivity contribution in [1.29, 1.82) is 0 Å². The van der Waals surface area contributed by atoms with E-state index in [1.54, 1.807) is 0 Å². The molecule has 0 radical (unpaired) electrons. The SMILES string of the molecule is Cn1cc(-n2ncc3ccc(C4CC45CC5)cc32)cn1.